The number of ether oxygens (including phenoxy) is 2. The highest BCUT2D eigenvalue weighted by Crippen LogP contribution is 2.19. The molecule has 0 aliphatic carbocycles. The quantitative estimate of drug-likeness (QED) is 0.762. The minimum Gasteiger partial charge on any atom is -0.465 e. The minimum absolute atomic E-state index is 0.0377. The Morgan fingerprint density at radius 3 is 2.45 bits per heavy atom. The summed E-state index contributed by atoms with van der Waals surface area (Å²) in [5.41, 5.74) is 1.15. The lowest BCUT2D eigenvalue weighted by Crippen LogP contribution is -2.13. The highest BCUT2D eigenvalue weighted by molar-refractivity contribution is 7.94. The fourth-order valence-electron chi connectivity index (χ4n) is 2.06. The predicted octanol–water partition coefficient (Wildman–Crippen LogP) is 1.46. The van der Waals surface area contributed by atoms with Gasteiger partial charge in [-0.25, -0.2) is 13.2 Å². The summed E-state index contributed by atoms with van der Waals surface area (Å²) in [5, 5.41) is 1.14. The molecular formula is C15H16O6S. The van der Waals surface area contributed by atoms with E-state index >= 15 is 0 Å². The third-order valence-electron chi connectivity index (χ3n) is 3.21. The third kappa shape index (κ3) is 4.42. The molecule has 0 saturated heterocycles. The van der Waals surface area contributed by atoms with Crippen molar-refractivity contribution in [1.82, 2.24) is 0 Å². The second kappa shape index (κ2) is 6.74. The van der Waals surface area contributed by atoms with Gasteiger partial charge in [0.1, 0.15) is 6.61 Å². The topological polar surface area (TPSA) is 86.7 Å². The summed E-state index contributed by atoms with van der Waals surface area (Å²) in [6, 6.07) is 6.50. The van der Waals surface area contributed by atoms with Crippen LogP contribution < -0.4 is 0 Å². The normalized spacial score (nSPS) is 18.9. The number of carbonyl (C=O) groups is 2. The molecule has 6 nitrogen and oxygen atoms in total. The molecule has 22 heavy (non-hydrogen) atoms. The number of esters is 2. The first-order valence-corrected chi connectivity index (χ1v) is 8.35. The molecule has 0 bridgehead atoms. The van der Waals surface area contributed by atoms with E-state index in [9.17, 15) is 18.0 Å². The zero-order chi connectivity index (χ0) is 16.2. The Hall–Kier alpha value is -2.15. The first-order chi connectivity index (χ1) is 10.4. The van der Waals surface area contributed by atoms with E-state index < -0.39 is 21.8 Å². The summed E-state index contributed by atoms with van der Waals surface area (Å²) in [6.07, 6.45) is 1.55. The summed E-state index contributed by atoms with van der Waals surface area (Å²) in [4.78, 5) is 23.0. The van der Waals surface area contributed by atoms with E-state index in [1.165, 1.54) is 13.2 Å². The average molecular weight is 324 g/mol. The summed E-state index contributed by atoms with van der Waals surface area (Å²) in [6.45, 7) is 0.0729. The monoisotopic (exact) mass is 324 g/mol. The molecule has 1 aromatic carbocycles. The van der Waals surface area contributed by atoms with Crippen molar-refractivity contribution in [1.29, 1.82) is 0 Å². The number of benzene rings is 1. The molecule has 1 aliphatic heterocycles. The largest absolute Gasteiger partial charge is 0.465 e. The van der Waals surface area contributed by atoms with Crippen LogP contribution in [0.5, 0.6) is 0 Å². The van der Waals surface area contributed by atoms with E-state index in [-0.39, 0.29) is 24.7 Å². The first-order valence-electron chi connectivity index (χ1n) is 6.63. The van der Waals surface area contributed by atoms with E-state index in [1.54, 1.807) is 24.3 Å². The number of allylic oxidation sites excluding steroid dienone is 1. The van der Waals surface area contributed by atoms with Crippen LogP contribution in [0, 0.1) is 5.92 Å². The lowest BCUT2D eigenvalue weighted by atomic mass is 10.1. The average Bonchev–Trinajstić information content (AvgIpc) is 2.83. The fourth-order valence-corrected chi connectivity index (χ4v) is 3.46. The first kappa shape index (κ1) is 16.2. The van der Waals surface area contributed by atoms with Gasteiger partial charge in [0.25, 0.3) is 0 Å². The Bertz CT molecular complexity index is 687. The van der Waals surface area contributed by atoms with Crippen molar-refractivity contribution in [3.8, 4) is 0 Å². The van der Waals surface area contributed by atoms with E-state index in [2.05, 4.69) is 4.74 Å². The zero-order valence-corrected chi connectivity index (χ0v) is 12.8. The molecule has 0 fully saturated rings. The molecule has 0 saturated carbocycles. The molecule has 7 heteroatoms. The van der Waals surface area contributed by atoms with Crippen LogP contribution in [0.1, 0.15) is 22.3 Å². The molecule has 1 heterocycles. The zero-order valence-electron chi connectivity index (χ0n) is 12.0. The molecule has 0 spiro atoms. The molecular weight excluding hydrogens is 308 g/mol. The van der Waals surface area contributed by atoms with Crippen LogP contribution in [0.15, 0.2) is 35.7 Å². The van der Waals surface area contributed by atoms with Gasteiger partial charge in [0.05, 0.1) is 24.8 Å². The van der Waals surface area contributed by atoms with Gasteiger partial charge in [-0.1, -0.05) is 18.2 Å². The maximum absolute atomic E-state index is 11.7. The van der Waals surface area contributed by atoms with E-state index in [0.717, 1.165) is 11.0 Å². The molecule has 0 amide bonds. The lowest BCUT2D eigenvalue weighted by molar-refractivity contribution is -0.145. The molecule has 0 N–H and O–H groups in total. The van der Waals surface area contributed by atoms with Gasteiger partial charge in [0.2, 0.25) is 0 Å². The molecule has 1 aromatic rings. The van der Waals surface area contributed by atoms with Gasteiger partial charge >= 0.3 is 11.9 Å². The predicted molar refractivity (Wildman–Crippen MR) is 78.6 cm³/mol. The van der Waals surface area contributed by atoms with Gasteiger partial charge in [-0.2, -0.15) is 0 Å². The maximum Gasteiger partial charge on any atom is 0.337 e. The fraction of sp³-hybridized carbons (Fsp3) is 0.333. The van der Waals surface area contributed by atoms with Gasteiger partial charge in [0, 0.05) is 11.3 Å². The second-order valence-electron chi connectivity index (χ2n) is 4.97. The Labute approximate surface area is 128 Å². The van der Waals surface area contributed by atoms with Gasteiger partial charge in [-0.3, -0.25) is 4.79 Å². The Morgan fingerprint density at radius 1 is 1.23 bits per heavy atom. The van der Waals surface area contributed by atoms with Crippen LogP contribution in [0.25, 0.3) is 0 Å². The molecule has 0 radical (unpaired) electrons. The maximum atomic E-state index is 11.7. The van der Waals surface area contributed by atoms with Crippen LogP contribution in [0.4, 0.5) is 0 Å². The molecule has 0 aromatic heterocycles. The van der Waals surface area contributed by atoms with E-state index in [4.69, 9.17) is 4.74 Å². The summed E-state index contributed by atoms with van der Waals surface area (Å²) in [5.74, 6) is -1.25. The molecule has 1 aliphatic rings. The number of hydrogen-bond donors (Lipinski definition) is 0. The van der Waals surface area contributed by atoms with Crippen LogP contribution in [-0.2, 0) is 30.7 Å². The van der Waals surface area contributed by atoms with Crippen LogP contribution in [0.3, 0.4) is 0 Å². The Kier molecular flexibility index (Phi) is 4.97. The van der Waals surface area contributed by atoms with Gasteiger partial charge in [-0.15, -0.1) is 0 Å². The highest BCUT2D eigenvalue weighted by Gasteiger charge is 2.24. The number of hydrogen-bond acceptors (Lipinski definition) is 6. The number of sulfone groups is 1. The van der Waals surface area contributed by atoms with Crippen molar-refractivity contribution in [2.75, 3.05) is 12.9 Å². The summed E-state index contributed by atoms with van der Waals surface area (Å²) in [7, 11) is -1.85. The van der Waals surface area contributed by atoms with Crippen LogP contribution >= 0.6 is 0 Å². The summed E-state index contributed by atoms with van der Waals surface area (Å²) >= 11 is 0. The number of carbonyl (C=O) groups excluding carboxylic acids is 2. The van der Waals surface area contributed by atoms with Crippen molar-refractivity contribution in [2.24, 2.45) is 5.92 Å². The SMILES string of the molecule is COC(=O)c1ccc(COC(=O)CC2C=CS(=O)(=O)C2)cc1. The van der Waals surface area contributed by atoms with Gasteiger partial charge in [-0.05, 0) is 17.7 Å². The smallest absolute Gasteiger partial charge is 0.337 e. The molecule has 1 unspecified atom stereocenters. The van der Waals surface area contributed by atoms with Crippen LogP contribution in [-0.4, -0.2) is 33.2 Å². The van der Waals surface area contributed by atoms with Gasteiger partial charge < -0.3 is 9.47 Å². The lowest BCUT2D eigenvalue weighted by Gasteiger charge is -2.08. The van der Waals surface area contributed by atoms with Crippen molar-refractivity contribution in [3.63, 3.8) is 0 Å². The number of methoxy groups -OCH3 is 1. The second-order valence-corrected chi connectivity index (χ2v) is 6.90. The minimum atomic E-state index is -3.16. The Morgan fingerprint density at radius 2 is 1.91 bits per heavy atom. The van der Waals surface area contributed by atoms with Crippen molar-refractivity contribution < 1.29 is 27.5 Å². The molecule has 1 atom stereocenters. The van der Waals surface area contributed by atoms with Gasteiger partial charge in [0.15, 0.2) is 9.84 Å². The van der Waals surface area contributed by atoms with Crippen molar-refractivity contribution in [3.05, 3.63) is 46.9 Å². The molecule has 118 valence electrons. The van der Waals surface area contributed by atoms with E-state index in [1.807, 2.05) is 0 Å². The molecule has 2 rings (SSSR count). The van der Waals surface area contributed by atoms with E-state index in [0.29, 0.717) is 5.56 Å². The van der Waals surface area contributed by atoms with Crippen molar-refractivity contribution >= 4 is 21.8 Å². The van der Waals surface area contributed by atoms with Crippen LogP contribution in [0.2, 0.25) is 0 Å². The Balaban J connectivity index is 1.81. The summed E-state index contributed by atoms with van der Waals surface area (Å²) < 4.78 is 32.2. The highest BCUT2D eigenvalue weighted by atomic mass is 32.2. The number of rotatable bonds is 5. The standard InChI is InChI=1S/C15H16O6S/c1-20-15(17)13-4-2-11(3-5-13)9-21-14(16)8-12-6-7-22(18,19)10-12/h2-7,12H,8-10H2,1H3. The van der Waals surface area contributed by atoms with Crippen molar-refractivity contribution in [2.45, 2.75) is 13.0 Å². The third-order valence-corrected chi connectivity index (χ3v) is 4.67.